The minimum Gasteiger partial charge on any atom is -0.483 e. The molecule has 0 aliphatic heterocycles. The van der Waals surface area contributed by atoms with Gasteiger partial charge in [-0.05, 0) is 38.1 Å². The van der Waals surface area contributed by atoms with Crippen molar-refractivity contribution in [1.82, 2.24) is 15.5 Å². The molecule has 1 atom stereocenters. The van der Waals surface area contributed by atoms with Crippen LogP contribution >= 0.6 is 22.9 Å². The lowest BCUT2D eigenvalue weighted by Crippen LogP contribution is -2.13. The number of nitrogens with zero attached hydrogens (tertiary/aromatic N) is 2. The number of rotatable bonds is 7. The lowest BCUT2D eigenvalue weighted by molar-refractivity contribution is 0.225. The third kappa shape index (κ3) is 4.44. The fraction of sp³-hybridized carbons (Fsp3) is 0.429. The number of aromatic nitrogens is 2. The maximum Gasteiger partial charge on any atom is 0.157 e. The second-order valence-corrected chi connectivity index (χ2v) is 5.96. The highest BCUT2D eigenvalue weighted by molar-refractivity contribution is 7.11. The summed E-state index contributed by atoms with van der Waals surface area (Å²) in [6, 6.07) is 7.36. The highest BCUT2D eigenvalue weighted by Crippen LogP contribution is 2.25. The first-order chi connectivity index (χ1) is 9.69. The van der Waals surface area contributed by atoms with Crippen LogP contribution < -0.4 is 10.1 Å². The quantitative estimate of drug-likeness (QED) is 0.789. The minimum atomic E-state index is -0.133. The summed E-state index contributed by atoms with van der Waals surface area (Å²) in [6.45, 7) is 5.85. The first kappa shape index (κ1) is 15.2. The molecule has 6 heteroatoms. The van der Waals surface area contributed by atoms with Crippen molar-refractivity contribution in [3.05, 3.63) is 39.3 Å². The Labute approximate surface area is 128 Å². The summed E-state index contributed by atoms with van der Waals surface area (Å²) in [4.78, 5) is 0. The Morgan fingerprint density at radius 3 is 3.00 bits per heavy atom. The standard InChI is InChI=1S/C14H18ClN3OS/c1-3-7-16-9-13-17-18-14(20-13)10(2)19-12-6-4-5-11(15)8-12/h4-6,8,10,16H,3,7,9H2,1-2H3. The molecule has 1 unspecified atom stereocenters. The van der Waals surface area contributed by atoms with Gasteiger partial charge in [-0.1, -0.05) is 35.9 Å². The first-order valence-corrected chi connectivity index (χ1v) is 7.83. The summed E-state index contributed by atoms with van der Waals surface area (Å²) in [7, 11) is 0. The van der Waals surface area contributed by atoms with E-state index in [1.165, 1.54) is 0 Å². The fourth-order valence-corrected chi connectivity index (χ4v) is 2.64. The van der Waals surface area contributed by atoms with Gasteiger partial charge in [0, 0.05) is 11.6 Å². The summed E-state index contributed by atoms with van der Waals surface area (Å²) in [5.74, 6) is 0.742. The van der Waals surface area contributed by atoms with Crippen LogP contribution in [0.4, 0.5) is 0 Å². The maximum atomic E-state index is 5.94. The molecule has 0 amide bonds. The molecule has 2 aromatic rings. The van der Waals surface area contributed by atoms with Crippen molar-refractivity contribution in [2.75, 3.05) is 6.54 Å². The summed E-state index contributed by atoms with van der Waals surface area (Å²) >= 11 is 7.51. The van der Waals surface area contributed by atoms with Crippen LogP contribution in [0.25, 0.3) is 0 Å². The second-order valence-electron chi connectivity index (χ2n) is 4.43. The number of nitrogens with one attached hydrogen (secondary N) is 1. The van der Waals surface area contributed by atoms with Crippen LogP contribution in [0, 0.1) is 0 Å². The Morgan fingerprint density at radius 1 is 1.40 bits per heavy atom. The van der Waals surface area contributed by atoms with Crippen molar-refractivity contribution in [2.45, 2.75) is 32.9 Å². The van der Waals surface area contributed by atoms with E-state index in [9.17, 15) is 0 Å². The van der Waals surface area contributed by atoms with E-state index in [1.54, 1.807) is 17.4 Å². The molecule has 0 aliphatic rings. The largest absolute Gasteiger partial charge is 0.483 e. The Morgan fingerprint density at radius 2 is 2.25 bits per heavy atom. The van der Waals surface area contributed by atoms with E-state index in [0.29, 0.717) is 5.02 Å². The van der Waals surface area contributed by atoms with Gasteiger partial charge in [0.15, 0.2) is 5.01 Å². The van der Waals surface area contributed by atoms with Gasteiger partial charge in [-0.25, -0.2) is 0 Å². The van der Waals surface area contributed by atoms with Crippen molar-refractivity contribution in [2.24, 2.45) is 0 Å². The van der Waals surface area contributed by atoms with Gasteiger partial charge >= 0.3 is 0 Å². The molecule has 1 heterocycles. The molecule has 0 aliphatic carbocycles. The molecule has 4 nitrogen and oxygen atoms in total. The van der Waals surface area contributed by atoms with E-state index in [-0.39, 0.29) is 6.10 Å². The Balaban J connectivity index is 1.93. The highest BCUT2D eigenvalue weighted by Gasteiger charge is 2.13. The van der Waals surface area contributed by atoms with Gasteiger partial charge in [-0.3, -0.25) is 0 Å². The number of ether oxygens (including phenoxy) is 1. The van der Waals surface area contributed by atoms with Gasteiger partial charge in [0.05, 0.1) is 0 Å². The van der Waals surface area contributed by atoms with Crippen molar-refractivity contribution >= 4 is 22.9 Å². The molecule has 0 fully saturated rings. The van der Waals surface area contributed by atoms with Crippen molar-refractivity contribution < 1.29 is 4.74 Å². The Bertz CT molecular complexity index is 547. The average Bonchev–Trinajstić information content (AvgIpc) is 2.88. The molecule has 0 spiro atoms. The number of hydrogen-bond donors (Lipinski definition) is 1. The predicted octanol–water partition coefficient (Wildman–Crippen LogP) is 3.83. The van der Waals surface area contributed by atoms with E-state index >= 15 is 0 Å². The number of hydrogen-bond acceptors (Lipinski definition) is 5. The normalized spacial score (nSPS) is 12.3. The average molecular weight is 312 g/mol. The molecule has 2 rings (SSSR count). The van der Waals surface area contributed by atoms with Crippen LogP contribution in [-0.2, 0) is 6.54 Å². The smallest absolute Gasteiger partial charge is 0.157 e. The zero-order valence-electron chi connectivity index (χ0n) is 11.6. The summed E-state index contributed by atoms with van der Waals surface area (Å²) < 4.78 is 5.82. The van der Waals surface area contributed by atoms with Gasteiger partial charge in [0.25, 0.3) is 0 Å². The molecular weight excluding hydrogens is 294 g/mol. The van der Waals surface area contributed by atoms with Gasteiger partial charge in [-0.2, -0.15) is 0 Å². The van der Waals surface area contributed by atoms with Gasteiger partial charge < -0.3 is 10.1 Å². The van der Waals surface area contributed by atoms with E-state index in [0.717, 1.165) is 35.3 Å². The fourth-order valence-electron chi connectivity index (χ4n) is 1.67. The summed E-state index contributed by atoms with van der Waals surface area (Å²) in [5, 5.41) is 14.2. The van der Waals surface area contributed by atoms with Gasteiger partial charge in [-0.15, -0.1) is 10.2 Å². The molecule has 0 radical (unpaired) electrons. The monoisotopic (exact) mass is 311 g/mol. The van der Waals surface area contributed by atoms with Crippen molar-refractivity contribution in [3.8, 4) is 5.75 Å². The molecule has 1 aromatic carbocycles. The van der Waals surface area contributed by atoms with Crippen LogP contribution in [-0.4, -0.2) is 16.7 Å². The molecule has 0 bridgehead atoms. The molecule has 1 N–H and O–H groups in total. The lowest BCUT2D eigenvalue weighted by Gasteiger charge is -2.11. The molecule has 1 aromatic heterocycles. The van der Waals surface area contributed by atoms with Crippen LogP contribution in [0.3, 0.4) is 0 Å². The number of benzene rings is 1. The zero-order chi connectivity index (χ0) is 14.4. The van der Waals surface area contributed by atoms with Gasteiger partial charge in [0.1, 0.15) is 16.9 Å². The summed E-state index contributed by atoms with van der Waals surface area (Å²) in [6.07, 6.45) is 0.978. The molecular formula is C14H18ClN3OS. The maximum absolute atomic E-state index is 5.94. The Kier molecular flexibility index (Phi) is 5.76. The molecule has 108 valence electrons. The molecule has 0 saturated heterocycles. The third-order valence-corrected chi connectivity index (χ3v) is 3.96. The second kappa shape index (κ2) is 7.57. The lowest BCUT2D eigenvalue weighted by atomic mass is 10.3. The van der Waals surface area contributed by atoms with Crippen LogP contribution in [0.1, 0.15) is 36.4 Å². The van der Waals surface area contributed by atoms with Gasteiger partial charge in [0.2, 0.25) is 0 Å². The van der Waals surface area contributed by atoms with E-state index in [2.05, 4.69) is 22.4 Å². The van der Waals surface area contributed by atoms with E-state index in [1.807, 2.05) is 25.1 Å². The minimum absolute atomic E-state index is 0.133. The first-order valence-electron chi connectivity index (χ1n) is 6.64. The van der Waals surface area contributed by atoms with Crippen molar-refractivity contribution in [3.63, 3.8) is 0 Å². The number of halogens is 1. The van der Waals surface area contributed by atoms with Crippen molar-refractivity contribution in [1.29, 1.82) is 0 Å². The SMILES string of the molecule is CCCNCc1nnc(C(C)Oc2cccc(Cl)c2)s1. The van der Waals surface area contributed by atoms with E-state index < -0.39 is 0 Å². The summed E-state index contributed by atoms with van der Waals surface area (Å²) in [5.41, 5.74) is 0. The Hall–Kier alpha value is -1.17. The topological polar surface area (TPSA) is 47.0 Å². The highest BCUT2D eigenvalue weighted by atomic mass is 35.5. The third-order valence-electron chi connectivity index (χ3n) is 2.64. The van der Waals surface area contributed by atoms with Crippen LogP contribution in [0.5, 0.6) is 5.75 Å². The van der Waals surface area contributed by atoms with Crippen LogP contribution in [0.15, 0.2) is 24.3 Å². The zero-order valence-corrected chi connectivity index (χ0v) is 13.2. The van der Waals surface area contributed by atoms with E-state index in [4.69, 9.17) is 16.3 Å². The molecule has 0 saturated carbocycles. The molecule has 20 heavy (non-hydrogen) atoms. The van der Waals surface area contributed by atoms with Crippen LogP contribution in [0.2, 0.25) is 5.02 Å². The predicted molar refractivity (Wildman–Crippen MR) is 82.4 cm³/mol.